The van der Waals surface area contributed by atoms with Gasteiger partial charge in [-0.1, -0.05) is 26.7 Å². The van der Waals surface area contributed by atoms with Gasteiger partial charge in [-0.05, 0) is 47.0 Å². The highest BCUT2D eigenvalue weighted by atomic mass is 79.9. The highest BCUT2D eigenvalue weighted by molar-refractivity contribution is 9.10. The van der Waals surface area contributed by atoms with E-state index in [0.717, 1.165) is 28.9 Å². The Morgan fingerprint density at radius 3 is 2.79 bits per heavy atom. The molecule has 0 saturated heterocycles. The van der Waals surface area contributed by atoms with Gasteiger partial charge in [-0.2, -0.15) is 5.10 Å². The molecular weight excluding hydrogens is 302 g/mol. The van der Waals surface area contributed by atoms with Crippen molar-refractivity contribution in [1.82, 2.24) is 9.78 Å². The Morgan fingerprint density at radius 1 is 1.47 bits per heavy atom. The van der Waals surface area contributed by atoms with Gasteiger partial charge in [-0.25, -0.2) is 0 Å². The summed E-state index contributed by atoms with van der Waals surface area (Å²) in [5.41, 5.74) is 8.86. The second-order valence-corrected chi connectivity index (χ2v) is 6.88. The Bertz CT molecular complexity index is 427. The van der Waals surface area contributed by atoms with E-state index in [1.165, 1.54) is 31.4 Å². The molecule has 3 nitrogen and oxygen atoms in total. The summed E-state index contributed by atoms with van der Waals surface area (Å²) in [6.07, 6.45) is 7.19. The van der Waals surface area contributed by atoms with Crippen molar-refractivity contribution in [2.75, 3.05) is 0 Å². The van der Waals surface area contributed by atoms with Gasteiger partial charge in [0, 0.05) is 19.5 Å². The number of nitrogens with zero attached hydrogens (tertiary/aromatic N) is 2. The molecule has 1 aliphatic rings. The number of rotatable bonds is 4. The van der Waals surface area contributed by atoms with Gasteiger partial charge >= 0.3 is 0 Å². The van der Waals surface area contributed by atoms with E-state index in [9.17, 15) is 0 Å². The fourth-order valence-corrected chi connectivity index (χ4v) is 4.08. The standard InChI is InChI=1S/C15H26BrN3/c1-4-13-15(16)14(19(3)18-13)9-12(17)11-7-5-6-10(2)8-11/h10-12H,4-9,17H2,1-3H3. The summed E-state index contributed by atoms with van der Waals surface area (Å²) in [5.74, 6) is 1.52. The van der Waals surface area contributed by atoms with Gasteiger partial charge in [0.2, 0.25) is 0 Å². The topological polar surface area (TPSA) is 43.8 Å². The van der Waals surface area contributed by atoms with E-state index < -0.39 is 0 Å². The zero-order valence-corrected chi connectivity index (χ0v) is 13.9. The molecule has 1 aromatic heterocycles. The van der Waals surface area contributed by atoms with Crippen LogP contribution in [0.25, 0.3) is 0 Å². The summed E-state index contributed by atoms with van der Waals surface area (Å²) in [4.78, 5) is 0. The average molecular weight is 328 g/mol. The molecule has 19 heavy (non-hydrogen) atoms. The van der Waals surface area contributed by atoms with Crippen molar-refractivity contribution in [3.05, 3.63) is 15.9 Å². The van der Waals surface area contributed by atoms with E-state index in [0.29, 0.717) is 5.92 Å². The Labute approximate surface area is 125 Å². The van der Waals surface area contributed by atoms with Gasteiger partial charge in [-0.3, -0.25) is 4.68 Å². The lowest BCUT2D eigenvalue weighted by Crippen LogP contribution is -2.35. The van der Waals surface area contributed by atoms with E-state index >= 15 is 0 Å². The van der Waals surface area contributed by atoms with Crippen LogP contribution in [-0.4, -0.2) is 15.8 Å². The van der Waals surface area contributed by atoms with Gasteiger partial charge in [0.15, 0.2) is 0 Å². The van der Waals surface area contributed by atoms with Crippen molar-refractivity contribution in [2.45, 2.75) is 58.4 Å². The van der Waals surface area contributed by atoms with Crippen LogP contribution in [0.2, 0.25) is 0 Å². The van der Waals surface area contributed by atoms with E-state index in [1.807, 2.05) is 11.7 Å². The van der Waals surface area contributed by atoms with Gasteiger partial charge < -0.3 is 5.73 Å². The van der Waals surface area contributed by atoms with Crippen LogP contribution < -0.4 is 5.73 Å². The third-order valence-electron chi connectivity index (χ3n) is 4.51. The summed E-state index contributed by atoms with van der Waals surface area (Å²) >= 11 is 3.69. The molecule has 0 aromatic carbocycles. The van der Waals surface area contributed by atoms with Crippen LogP contribution in [0.1, 0.15) is 50.9 Å². The maximum absolute atomic E-state index is 6.47. The fourth-order valence-electron chi connectivity index (χ4n) is 3.30. The van der Waals surface area contributed by atoms with Crippen molar-refractivity contribution in [3.8, 4) is 0 Å². The fraction of sp³-hybridized carbons (Fsp3) is 0.800. The summed E-state index contributed by atoms with van der Waals surface area (Å²) < 4.78 is 3.16. The number of halogens is 1. The SMILES string of the molecule is CCc1nn(C)c(CC(N)C2CCCC(C)C2)c1Br. The minimum atomic E-state index is 0.263. The first-order valence-corrected chi connectivity index (χ1v) is 8.28. The Morgan fingerprint density at radius 2 is 2.21 bits per heavy atom. The van der Waals surface area contributed by atoms with Crippen LogP contribution in [-0.2, 0) is 19.9 Å². The predicted octanol–water partition coefficient (Wildman–Crippen LogP) is 3.44. The minimum absolute atomic E-state index is 0.263. The molecule has 1 aromatic rings. The van der Waals surface area contributed by atoms with E-state index in [2.05, 4.69) is 34.9 Å². The largest absolute Gasteiger partial charge is 0.327 e. The molecular formula is C15H26BrN3. The quantitative estimate of drug-likeness (QED) is 0.920. The molecule has 3 unspecified atom stereocenters. The molecule has 1 saturated carbocycles. The lowest BCUT2D eigenvalue weighted by atomic mass is 9.78. The molecule has 1 heterocycles. The molecule has 0 amide bonds. The van der Waals surface area contributed by atoms with E-state index in [4.69, 9.17) is 5.73 Å². The van der Waals surface area contributed by atoms with Crippen molar-refractivity contribution in [3.63, 3.8) is 0 Å². The molecule has 0 radical (unpaired) electrons. The Balaban J connectivity index is 2.06. The van der Waals surface area contributed by atoms with Crippen molar-refractivity contribution in [2.24, 2.45) is 24.6 Å². The molecule has 3 atom stereocenters. The van der Waals surface area contributed by atoms with Gasteiger partial charge in [0.1, 0.15) is 0 Å². The van der Waals surface area contributed by atoms with Gasteiger partial charge in [0.25, 0.3) is 0 Å². The third-order valence-corrected chi connectivity index (χ3v) is 5.43. The van der Waals surface area contributed by atoms with Crippen LogP contribution in [0.4, 0.5) is 0 Å². The lowest BCUT2D eigenvalue weighted by Gasteiger charge is -2.31. The van der Waals surface area contributed by atoms with Crippen LogP contribution >= 0.6 is 15.9 Å². The van der Waals surface area contributed by atoms with Crippen LogP contribution in [0.15, 0.2) is 4.47 Å². The van der Waals surface area contributed by atoms with E-state index in [1.54, 1.807) is 0 Å². The molecule has 2 rings (SSSR count). The molecule has 0 spiro atoms. The highest BCUT2D eigenvalue weighted by Gasteiger charge is 2.26. The van der Waals surface area contributed by atoms with Crippen LogP contribution in [0.5, 0.6) is 0 Å². The summed E-state index contributed by atoms with van der Waals surface area (Å²) in [6, 6.07) is 0.263. The summed E-state index contributed by atoms with van der Waals surface area (Å²) in [6.45, 7) is 4.49. The molecule has 4 heteroatoms. The second-order valence-electron chi connectivity index (χ2n) is 6.08. The first-order valence-electron chi connectivity index (χ1n) is 7.48. The minimum Gasteiger partial charge on any atom is -0.327 e. The molecule has 2 N–H and O–H groups in total. The number of aromatic nitrogens is 2. The molecule has 1 fully saturated rings. The first kappa shape index (κ1) is 15.0. The smallest absolute Gasteiger partial charge is 0.0766 e. The highest BCUT2D eigenvalue weighted by Crippen LogP contribution is 2.32. The number of nitrogens with two attached hydrogens (primary N) is 1. The zero-order chi connectivity index (χ0) is 14.0. The lowest BCUT2D eigenvalue weighted by molar-refractivity contribution is 0.244. The predicted molar refractivity (Wildman–Crippen MR) is 83.1 cm³/mol. The van der Waals surface area contributed by atoms with Crippen LogP contribution in [0, 0.1) is 11.8 Å². The monoisotopic (exact) mass is 327 g/mol. The molecule has 0 aliphatic heterocycles. The van der Waals surface area contributed by atoms with Gasteiger partial charge in [-0.15, -0.1) is 0 Å². The van der Waals surface area contributed by atoms with Crippen LogP contribution in [0.3, 0.4) is 0 Å². The maximum Gasteiger partial charge on any atom is 0.0766 e. The Kier molecular flexibility index (Phi) is 5.07. The third kappa shape index (κ3) is 3.40. The number of hydrogen-bond acceptors (Lipinski definition) is 2. The van der Waals surface area contributed by atoms with Gasteiger partial charge in [0.05, 0.1) is 15.9 Å². The molecule has 1 aliphatic carbocycles. The number of aryl methyl sites for hydroxylation is 2. The summed E-state index contributed by atoms with van der Waals surface area (Å²) in [7, 11) is 2.02. The van der Waals surface area contributed by atoms with Crippen molar-refractivity contribution < 1.29 is 0 Å². The van der Waals surface area contributed by atoms with Crippen molar-refractivity contribution in [1.29, 1.82) is 0 Å². The second kappa shape index (κ2) is 6.40. The maximum atomic E-state index is 6.47. The van der Waals surface area contributed by atoms with E-state index in [-0.39, 0.29) is 6.04 Å². The molecule has 108 valence electrons. The summed E-state index contributed by atoms with van der Waals surface area (Å²) in [5, 5.41) is 4.56. The number of hydrogen-bond donors (Lipinski definition) is 1. The normalized spacial score (nSPS) is 25.5. The molecule has 0 bridgehead atoms. The zero-order valence-electron chi connectivity index (χ0n) is 12.3. The average Bonchev–Trinajstić information content (AvgIpc) is 2.66. The Hall–Kier alpha value is -0.350. The first-order chi connectivity index (χ1) is 9.02. The van der Waals surface area contributed by atoms with Crippen molar-refractivity contribution >= 4 is 15.9 Å².